The number of benzene rings is 2. The van der Waals surface area contributed by atoms with Gasteiger partial charge in [0.2, 0.25) is 0 Å². The Morgan fingerprint density at radius 2 is 1.64 bits per heavy atom. The molecule has 0 saturated heterocycles. The second kappa shape index (κ2) is 7.40. The molecule has 0 aliphatic heterocycles. The van der Waals surface area contributed by atoms with Gasteiger partial charge < -0.3 is 9.47 Å². The topological polar surface area (TPSA) is 35.5 Å². The Morgan fingerprint density at radius 3 is 2.28 bits per heavy atom. The van der Waals surface area contributed by atoms with Crippen LogP contribution in [0.15, 0.2) is 54.6 Å². The van der Waals surface area contributed by atoms with E-state index in [9.17, 15) is 4.79 Å². The summed E-state index contributed by atoms with van der Waals surface area (Å²) in [4.78, 5) is 12.0. The van der Waals surface area contributed by atoms with Crippen LogP contribution in [-0.2, 0) is 20.9 Å². The van der Waals surface area contributed by atoms with Gasteiger partial charge in [0.05, 0.1) is 19.1 Å². The molecule has 3 rings (SSSR count). The fourth-order valence-corrected chi connectivity index (χ4v) is 2.85. The van der Waals surface area contributed by atoms with Crippen molar-refractivity contribution in [2.24, 2.45) is 11.8 Å². The van der Waals surface area contributed by atoms with Crippen LogP contribution in [-0.4, -0.2) is 18.2 Å². The predicted octanol–water partition coefficient (Wildman–Crippen LogP) is 4.85. The van der Waals surface area contributed by atoms with E-state index in [0.29, 0.717) is 19.1 Å². The van der Waals surface area contributed by atoms with Crippen LogP contribution >= 0.6 is 0 Å². The van der Waals surface area contributed by atoms with Crippen molar-refractivity contribution in [1.82, 2.24) is 0 Å². The first-order chi connectivity index (χ1) is 11.9. The molecule has 0 radical (unpaired) electrons. The van der Waals surface area contributed by atoms with Crippen molar-refractivity contribution in [2.75, 3.05) is 6.61 Å². The van der Waals surface area contributed by atoms with Crippen molar-refractivity contribution >= 4 is 5.97 Å². The standard InChI is InChI=1S/C22H26O3/c1-22(2,3)25-21(23)20-13-19(20)15-24-14-16-9-11-18(12-10-16)17-7-5-4-6-8-17/h4-12,19-20H,13-15H2,1-3H3. The Labute approximate surface area is 150 Å². The lowest BCUT2D eigenvalue weighted by Crippen LogP contribution is -2.25. The zero-order valence-corrected chi connectivity index (χ0v) is 15.2. The van der Waals surface area contributed by atoms with Crippen molar-refractivity contribution in [3.05, 3.63) is 60.2 Å². The fraction of sp³-hybridized carbons (Fsp3) is 0.409. The maximum Gasteiger partial charge on any atom is 0.309 e. The molecular formula is C22H26O3. The summed E-state index contributed by atoms with van der Waals surface area (Å²) in [7, 11) is 0. The highest BCUT2D eigenvalue weighted by atomic mass is 16.6. The van der Waals surface area contributed by atoms with Crippen molar-refractivity contribution in [2.45, 2.75) is 39.4 Å². The summed E-state index contributed by atoms with van der Waals surface area (Å²) >= 11 is 0. The molecule has 2 atom stereocenters. The van der Waals surface area contributed by atoms with E-state index in [1.54, 1.807) is 0 Å². The predicted molar refractivity (Wildman–Crippen MR) is 99.0 cm³/mol. The summed E-state index contributed by atoms with van der Waals surface area (Å²) in [6.45, 7) is 6.89. The molecule has 2 unspecified atom stereocenters. The molecule has 1 saturated carbocycles. The van der Waals surface area contributed by atoms with Crippen molar-refractivity contribution in [3.8, 4) is 11.1 Å². The van der Waals surface area contributed by atoms with E-state index in [1.165, 1.54) is 11.1 Å². The van der Waals surface area contributed by atoms with Crippen LogP contribution in [0.5, 0.6) is 0 Å². The van der Waals surface area contributed by atoms with Gasteiger partial charge in [-0.15, -0.1) is 0 Å². The molecule has 3 heteroatoms. The maximum absolute atomic E-state index is 12.0. The largest absolute Gasteiger partial charge is 0.460 e. The molecule has 0 aromatic heterocycles. The number of carbonyl (C=O) groups excluding carboxylic acids is 1. The summed E-state index contributed by atoms with van der Waals surface area (Å²) in [5.41, 5.74) is 3.16. The quantitative estimate of drug-likeness (QED) is 0.707. The van der Waals surface area contributed by atoms with E-state index in [0.717, 1.165) is 12.0 Å². The summed E-state index contributed by atoms with van der Waals surface area (Å²) in [6, 6.07) is 18.8. The van der Waals surface area contributed by atoms with E-state index < -0.39 is 5.60 Å². The van der Waals surface area contributed by atoms with E-state index >= 15 is 0 Å². The van der Waals surface area contributed by atoms with Gasteiger partial charge >= 0.3 is 5.97 Å². The van der Waals surface area contributed by atoms with Gasteiger partial charge in [0.15, 0.2) is 0 Å². The highest BCUT2D eigenvalue weighted by Gasteiger charge is 2.45. The number of hydrogen-bond acceptors (Lipinski definition) is 3. The molecule has 2 aromatic rings. The molecule has 0 bridgehead atoms. The van der Waals surface area contributed by atoms with Crippen LogP contribution in [0.2, 0.25) is 0 Å². The van der Waals surface area contributed by atoms with Gasteiger partial charge in [-0.2, -0.15) is 0 Å². The third-order valence-electron chi connectivity index (χ3n) is 4.29. The smallest absolute Gasteiger partial charge is 0.309 e. The Bertz CT molecular complexity index is 698. The molecular weight excluding hydrogens is 312 g/mol. The van der Waals surface area contributed by atoms with Gasteiger partial charge in [0.1, 0.15) is 5.60 Å². The van der Waals surface area contributed by atoms with E-state index in [2.05, 4.69) is 36.4 Å². The zero-order valence-electron chi connectivity index (χ0n) is 15.2. The average Bonchev–Trinajstić information content (AvgIpc) is 3.35. The minimum atomic E-state index is -0.411. The molecule has 0 amide bonds. The van der Waals surface area contributed by atoms with Crippen LogP contribution in [0.3, 0.4) is 0 Å². The van der Waals surface area contributed by atoms with Gasteiger partial charge in [0.25, 0.3) is 0 Å². The second-order valence-corrected chi connectivity index (χ2v) is 7.71. The number of rotatable bonds is 6. The lowest BCUT2D eigenvalue weighted by atomic mass is 10.0. The van der Waals surface area contributed by atoms with Crippen molar-refractivity contribution in [1.29, 1.82) is 0 Å². The molecule has 1 fully saturated rings. The normalized spacial score (nSPS) is 19.5. The molecule has 0 heterocycles. The van der Waals surface area contributed by atoms with Crippen LogP contribution in [0.4, 0.5) is 0 Å². The molecule has 1 aliphatic rings. The average molecular weight is 338 g/mol. The van der Waals surface area contributed by atoms with Gasteiger partial charge in [0, 0.05) is 0 Å². The highest BCUT2D eigenvalue weighted by molar-refractivity contribution is 5.76. The Kier molecular flexibility index (Phi) is 5.24. The van der Waals surface area contributed by atoms with Crippen LogP contribution in [0.1, 0.15) is 32.8 Å². The molecule has 0 spiro atoms. The van der Waals surface area contributed by atoms with Crippen molar-refractivity contribution in [3.63, 3.8) is 0 Å². The van der Waals surface area contributed by atoms with Gasteiger partial charge in [-0.25, -0.2) is 0 Å². The molecule has 2 aromatic carbocycles. The Balaban J connectivity index is 1.42. The molecule has 1 aliphatic carbocycles. The first kappa shape index (κ1) is 17.7. The molecule has 25 heavy (non-hydrogen) atoms. The lowest BCUT2D eigenvalue weighted by Gasteiger charge is -2.19. The van der Waals surface area contributed by atoms with Gasteiger partial charge in [-0.3, -0.25) is 4.79 Å². The second-order valence-electron chi connectivity index (χ2n) is 7.71. The van der Waals surface area contributed by atoms with Gasteiger partial charge in [-0.1, -0.05) is 54.6 Å². The minimum absolute atomic E-state index is 0.0136. The van der Waals surface area contributed by atoms with E-state index in [4.69, 9.17) is 9.47 Å². The van der Waals surface area contributed by atoms with E-state index in [1.807, 2.05) is 39.0 Å². The third kappa shape index (κ3) is 5.17. The van der Waals surface area contributed by atoms with Gasteiger partial charge in [-0.05, 0) is 49.8 Å². The molecule has 0 N–H and O–H groups in total. The minimum Gasteiger partial charge on any atom is -0.460 e. The third-order valence-corrected chi connectivity index (χ3v) is 4.29. The zero-order chi connectivity index (χ0) is 17.9. The highest BCUT2D eigenvalue weighted by Crippen LogP contribution is 2.40. The first-order valence-electron chi connectivity index (χ1n) is 8.87. The summed E-state index contributed by atoms with van der Waals surface area (Å²) in [6.07, 6.45) is 0.877. The lowest BCUT2D eigenvalue weighted by molar-refractivity contribution is -0.157. The number of esters is 1. The van der Waals surface area contributed by atoms with E-state index in [-0.39, 0.29) is 11.9 Å². The van der Waals surface area contributed by atoms with Crippen LogP contribution in [0.25, 0.3) is 11.1 Å². The maximum atomic E-state index is 12.0. The first-order valence-corrected chi connectivity index (χ1v) is 8.87. The summed E-state index contributed by atoms with van der Waals surface area (Å²) in [5.74, 6) is 0.228. The SMILES string of the molecule is CC(C)(C)OC(=O)C1CC1COCc1ccc(-c2ccccc2)cc1. The monoisotopic (exact) mass is 338 g/mol. The number of ether oxygens (including phenoxy) is 2. The van der Waals surface area contributed by atoms with Crippen molar-refractivity contribution < 1.29 is 14.3 Å². The number of carbonyl (C=O) groups is 1. The van der Waals surface area contributed by atoms with Crippen LogP contribution in [0, 0.1) is 11.8 Å². The summed E-state index contributed by atoms with van der Waals surface area (Å²) in [5, 5.41) is 0. The number of hydrogen-bond donors (Lipinski definition) is 0. The van der Waals surface area contributed by atoms with Crippen LogP contribution < -0.4 is 0 Å². The molecule has 132 valence electrons. The fourth-order valence-electron chi connectivity index (χ4n) is 2.85. The Hall–Kier alpha value is -2.13. The molecule has 3 nitrogen and oxygen atoms in total. The Morgan fingerprint density at radius 1 is 1.00 bits per heavy atom. The summed E-state index contributed by atoms with van der Waals surface area (Å²) < 4.78 is 11.2.